The first-order valence-corrected chi connectivity index (χ1v) is 8.59. The van der Waals surface area contributed by atoms with E-state index in [2.05, 4.69) is 19.1 Å². The van der Waals surface area contributed by atoms with E-state index in [1.54, 1.807) is 0 Å². The van der Waals surface area contributed by atoms with Gasteiger partial charge in [-0.05, 0) is 54.8 Å². The van der Waals surface area contributed by atoms with Gasteiger partial charge in [0.05, 0.1) is 6.42 Å². The number of carbonyl (C=O) groups is 1. The lowest BCUT2D eigenvalue weighted by molar-refractivity contribution is -0.133. The summed E-state index contributed by atoms with van der Waals surface area (Å²) in [6.45, 7) is 4.23. The molecule has 0 unspecified atom stereocenters. The van der Waals surface area contributed by atoms with Crippen LogP contribution in [0.1, 0.15) is 38.0 Å². The first kappa shape index (κ1) is 16.5. The maximum atomic E-state index is 11.6. The summed E-state index contributed by atoms with van der Waals surface area (Å²) in [5.41, 5.74) is 1.16. The van der Waals surface area contributed by atoms with E-state index in [9.17, 15) is 4.79 Å². The Morgan fingerprint density at radius 3 is 2.55 bits per heavy atom. The number of benzene rings is 1. The predicted octanol–water partition coefficient (Wildman–Crippen LogP) is 5.63. The summed E-state index contributed by atoms with van der Waals surface area (Å²) < 4.78 is 5.31. The highest BCUT2D eigenvalue weighted by atomic mass is 32.1. The maximum Gasteiger partial charge on any atom is 0.315 e. The lowest BCUT2D eigenvalue weighted by Gasteiger charge is -2.04. The van der Waals surface area contributed by atoms with Gasteiger partial charge in [0.2, 0.25) is 0 Å². The van der Waals surface area contributed by atoms with Crippen molar-refractivity contribution in [1.82, 2.24) is 0 Å². The Hall–Kier alpha value is -1.87. The van der Waals surface area contributed by atoms with E-state index < -0.39 is 0 Å². The molecule has 3 heteroatoms. The largest absolute Gasteiger partial charge is 0.426 e. The normalized spacial score (nSPS) is 11.0. The summed E-state index contributed by atoms with van der Waals surface area (Å²) in [6, 6.07) is 12.1. The maximum absolute atomic E-state index is 11.6. The number of aryl methyl sites for hydroxylation is 1. The minimum absolute atomic E-state index is 0.223. The Labute approximate surface area is 136 Å². The van der Waals surface area contributed by atoms with E-state index >= 15 is 0 Å². The average Bonchev–Trinajstić information content (AvgIpc) is 2.97. The van der Waals surface area contributed by atoms with Gasteiger partial charge in [0.15, 0.2) is 0 Å². The average molecular weight is 314 g/mol. The fourth-order valence-corrected chi connectivity index (χ4v) is 3.24. The lowest BCUT2D eigenvalue weighted by atomic mass is 10.2. The molecule has 0 aliphatic heterocycles. The van der Waals surface area contributed by atoms with E-state index in [1.807, 2.05) is 54.7 Å². The summed E-state index contributed by atoms with van der Waals surface area (Å²) in [6.07, 6.45) is 7.36. The second kappa shape index (κ2) is 8.54. The molecule has 0 amide bonds. The molecule has 0 fully saturated rings. The number of ether oxygens (including phenoxy) is 1. The molecule has 0 radical (unpaired) electrons. The molecule has 1 aromatic carbocycles. The second-order valence-corrected chi connectivity index (χ2v) is 6.27. The number of hydrogen-bond donors (Lipinski definition) is 0. The summed E-state index contributed by atoms with van der Waals surface area (Å²) in [7, 11) is 0. The molecule has 22 heavy (non-hydrogen) atoms. The number of hydrogen-bond acceptors (Lipinski definition) is 3. The van der Waals surface area contributed by atoms with Crippen molar-refractivity contribution in [3.05, 3.63) is 53.4 Å². The topological polar surface area (TPSA) is 26.3 Å². The van der Waals surface area contributed by atoms with Crippen molar-refractivity contribution in [3.8, 4) is 16.2 Å². The van der Waals surface area contributed by atoms with E-state index in [0.29, 0.717) is 12.2 Å². The van der Waals surface area contributed by atoms with Crippen LogP contribution in [0.3, 0.4) is 0 Å². The van der Waals surface area contributed by atoms with Gasteiger partial charge in [-0.1, -0.05) is 32.4 Å². The molecule has 1 heterocycles. The molecule has 2 aromatic rings. The standard InChI is InChI=1S/C19H22O2S/c1-3-5-6-8-19(20)21-16-11-9-15(10-12-16)18-14-13-17(22-18)7-4-2/h5-6,9-14H,3-4,7-8H2,1-2H3. The van der Waals surface area contributed by atoms with Crippen LogP contribution in [0.15, 0.2) is 48.6 Å². The summed E-state index contributed by atoms with van der Waals surface area (Å²) >= 11 is 1.83. The van der Waals surface area contributed by atoms with E-state index in [1.165, 1.54) is 16.2 Å². The Morgan fingerprint density at radius 1 is 1.09 bits per heavy atom. The van der Waals surface area contributed by atoms with Crippen molar-refractivity contribution < 1.29 is 9.53 Å². The minimum atomic E-state index is -0.223. The molecule has 2 nitrogen and oxygen atoms in total. The van der Waals surface area contributed by atoms with Gasteiger partial charge in [-0.2, -0.15) is 0 Å². The first-order chi connectivity index (χ1) is 10.7. The Bertz CT molecular complexity index is 623. The second-order valence-electron chi connectivity index (χ2n) is 5.10. The van der Waals surface area contributed by atoms with Crippen LogP contribution < -0.4 is 4.74 Å². The van der Waals surface area contributed by atoms with Crippen molar-refractivity contribution in [3.63, 3.8) is 0 Å². The zero-order valence-electron chi connectivity index (χ0n) is 13.2. The fourth-order valence-electron chi connectivity index (χ4n) is 2.12. The first-order valence-electron chi connectivity index (χ1n) is 7.77. The zero-order valence-corrected chi connectivity index (χ0v) is 14.0. The number of rotatable bonds is 7. The Balaban J connectivity index is 1.97. The van der Waals surface area contributed by atoms with Crippen molar-refractivity contribution in [2.45, 2.75) is 39.5 Å². The number of thiophene rings is 1. The van der Waals surface area contributed by atoms with Gasteiger partial charge in [-0.25, -0.2) is 0 Å². The zero-order chi connectivity index (χ0) is 15.8. The predicted molar refractivity (Wildman–Crippen MR) is 93.4 cm³/mol. The highest BCUT2D eigenvalue weighted by Crippen LogP contribution is 2.30. The third-order valence-electron chi connectivity index (χ3n) is 3.22. The van der Waals surface area contributed by atoms with Gasteiger partial charge in [-0.3, -0.25) is 4.79 Å². The molecule has 0 spiro atoms. The number of esters is 1. The van der Waals surface area contributed by atoms with Crippen LogP contribution in [0, 0.1) is 0 Å². The SMILES string of the molecule is CCC=CCC(=O)Oc1ccc(-c2ccc(CCC)s2)cc1. The molecular weight excluding hydrogens is 292 g/mol. The molecule has 0 aliphatic rings. The molecule has 116 valence electrons. The van der Waals surface area contributed by atoms with Gasteiger partial charge in [-0.15, -0.1) is 11.3 Å². The summed E-state index contributed by atoms with van der Waals surface area (Å²) in [4.78, 5) is 14.3. The van der Waals surface area contributed by atoms with E-state index in [-0.39, 0.29) is 5.97 Å². The molecule has 0 N–H and O–H groups in total. The molecule has 2 rings (SSSR count). The fraction of sp³-hybridized carbons (Fsp3) is 0.316. The van der Waals surface area contributed by atoms with Crippen molar-refractivity contribution in [1.29, 1.82) is 0 Å². The van der Waals surface area contributed by atoms with Crippen molar-refractivity contribution >= 4 is 17.3 Å². The number of carbonyl (C=O) groups excluding carboxylic acids is 1. The Morgan fingerprint density at radius 2 is 1.86 bits per heavy atom. The van der Waals surface area contributed by atoms with Gasteiger partial charge < -0.3 is 4.74 Å². The van der Waals surface area contributed by atoms with Crippen LogP contribution in [0.5, 0.6) is 5.75 Å². The van der Waals surface area contributed by atoms with Crippen molar-refractivity contribution in [2.24, 2.45) is 0 Å². The molecule has 0 aliphatic carbocycles. The quantitative estimate of drug-likeness (QED) is 0.376. The Kier molecular flexibility index (Phi) is 6.41. The van der Waals surface area contributed by atoms with Crippen LogP contribution in [0.25, 0.3) is 10.4 Å². The van der Waals surface area contributed by atoms with Gasteiger partial charge in [0.25, 0.3) is 0 Å². The van der Waals surface area contributed by atoms with Crippen LogP contribution >= 0.6 is 11.3 Å². The van der Waals surface area contributed by atoms with E-state index in [4.69, 9.17) is 4.74 Å². The molecule has 0 bridgehead atoms. The minimum Gasteiger partial charge on any atom is -0.426 e. The van der Waals surface area contributed by atoms with E-state index in [0.717, 1.165) is 18.4 Å². The lowest BCUT2D eigenvalue weighted by Crippen LogP contribution is -2.05. The molecule has 0 atom stereocenters. The monoisotopic (exact) mass is 314 g/mol. The van der Waals surface area contributed by atoms with Crippen LogP contribution in [0.4, 0.5) is 0 Å². The van der Waals surface area contributed by atoms with Gasteiger partial charge in [0.1, 0.15) is 5.75 Å². The smallest absolute Gasteiger partial charge is 0.315 e. The highest BCUT2D eigenvalue weighted by molar-refractivity contribution is 7.15. The van der Waals surface area contributed by atoms with Gasteiger partial charge in [0, 0.05) is 9.75 Å². The molecule has 0 saturated carbocycles. The van der Waals surface area contributed by atoms with Gasteiger partial charge >= 0.3 is 5.97 Å². The highest BCUT2D eigenvalue weighted by Gasteiger charge is 2.05. The molecular formula is C19H22O2S. The summed E-state index contributed by atoms with van der Waals surface area (Å²) in [5.74, 6) is 0.378. The van der Waals surface area contributed by atoms with Crippen LogP contribution in [-0.4, -0.2) is 5.97 Å². The molecule has 1 aromatic heterocycles. The van der Waals surface area contributed by atoms with Crippen LogP contribution in [0.2, 0.25) is 0 Å². The number of allylic oxidation sites excluding steroid dienone is 1. The van der Waals surface area contributed by atoms with Crippen LogP contribution in [-0.2, 0) is 11.2 Å². The third-order valence-corrected chi connectivity index (χ3v) is 4.41. The summed E-state index contributed by atoms with van der Waals surface area (Å²) in [5, 5.41) is 0. The third kappa shape index (κ3) is 4.85. The van der Waals surface area contributed by atoms with Crippen molar-refractivity contribution in [2.75, 3.05) is 0 Å². The molecule has 0 saturated heterocycles.